The van der Waals surface area contributed by atoms with Gasteiger partial charge < -0.3 is 30.0 Å². The van der Waals surface area contributed by atoms with Crippen molar-refractivity contribution >= 4 is 40.7 Å². The molecule has 2 aliphatic heterocycles. The first-order chi connectivity index (χ1) is 22.1. The summed E-state index contributed by atoms with van der Waals surface area (Å²) in [5.41, 5.74) is 1.80. The maximum atomic E-state index is 13.1. The van der Waals surface area contributed by atoms with E-state index >= 15 is 0 Å². The number of ether oxygens (including phenoxy) is 2. The Balaban J connectivity index is 1.29. The first-order valence-corrected chi connectivity index (χ1v) is 15.2. The molecule has 0 bridgehead atoms. The molecule has 2 atom stereocenters. The quantitative estimate of drug-likeness (QED) is 0.259. The zero-order valence-electron chi connectivity index (χ0n) is 25.1. The first-order valence-electron chi connectivity index (χ1n) is 14.5. The lowest BCUT2D eigenvalue weighted by atomic mass is 9.99. The minimum absolute atomic E-state index is 0.0593. The van der Waals surface area contributed by atoms with Gasteiger partial charge >= 0.3 is 5.69 Å². The van der Waals surface area contributed by atoms with E-state index in [4.69, 9.17) is 37.7 Å². The second-order valence-electron chi connectivity index (χ2n) is 11.1. The number of rotatable bonds is 8. The summed E-state index contributed by atoms with van der Waals surface area (Å²) in [6.45, 7) is 0.977. The number of hydrogen-bond acceptors (Lipinski definition) is 8. The summed E-state index contributed by atoms with van der Waals surface area (Å²) < 4.78 is 13.7. The highest BCUT2D eigenvalue weighted by atomic mass is 35.5. The van der Waals surface area contributed by atoms with Crippen molar-refractivity contribution in [2.75, 3.05) is 25.6 Å². The lowest BCUT2D eigenvalue weighted by Gasteiger charge is -2.18. The number of fused-ring (bicyclic) bond motifs is 1. The van der Waals surface area contributed by atoms with E-state index in [9.17, 15) is 19.2 Å². The van der Waals surface area contributed by atoms with Crippen LogP contribution in [0, 0.1) is 0 Å². The number of aryl methyl sites for hydroxylation is 1. The van der Waals surface area contributed by atoms with Gasteiger partial charge in [-0.2, -0.15) is 0 Å². The summed E-state index contributed by atoms with van der Waals surface area (Å²) in [5.74, 6) is 0.352. The highest BCUT2D eigenvalue weighted by molar-refractivity contribution is 6.39. The maximum absolute atomic E-state index is 13.1. The van der Waals surface area contributed by atoms with Crippen LogP contribution in [0.3, 0.4) is 0 Å². The molecule has 2 unspecified atom stereocenters. The van der Waals surface area contributed by atoms with E-state index < -0.39 is 17.2 Å². The van der Waals surface area contributed by atoms with Gasteiger partial charge in [-0.15, -0.1) is 0 Å². The Morgan fingerprint density at radius 3 is 2.52 bits per heavy atom. The van der Waals surface area contributed by atoms with E-state index in [0.29, 0.717) is 58.6 Å². The number of benzene rings is 2. The van der Waals surface area contributed by atoms with Crippen LogP contribution >= 0.6 is 23.2 Å². The van der Waals surface area contributed by atoms with Gasteiger partial charge in [0.1, 0.15) is 17.9 Å². The Kier molecular flexibility index (Phi) is 8.60. The van der Waals surface area contributed by atoms with Gasteiger partial charge in [0.2, 0.25) is 11.8 Å². The molecule has 4 heterocycles. The van der Waals surface area contributed by atoms with Crippen LogP contribution in [0.25, 0.3) is 22.4 Å². The second-order valence-corrected chi connectivity index (χ2v) is 11.8. The predicted octanol–water partition coefficient (Wildman–Crippen LogP) is 3.68. The number of hydrogen-bond donors (Lipinski definition) is 3. The van der Waals surface area contributed by atoms with Crippen molar-refractivity contribution in [1.82, 2.24) is 24.8 Å². The molecule has 1 fully saturated rings. The molecule has 0 saturated carbocycles. The van der Waals surface area contributed by atoms with Gasteiger partial charge in [-0.3, -0.25) is 19.0 Å². The normalized spacial score (nSPS) is 16.9. The summed E-state index contributed by atoms with van der Waals surface area (Å²) >= 11 is 13.8. The third-order valence-corrected chi connectivity index (χ3v) is 8.95. The average molecular weight is 666 g/mol. The molecule has 2 amide bonds. The standard InChI is InChI=1S/C32H30Cl2N6O6/c1-39-14-20(31(43)40(2)32(39)44)29(42)37-21-9-5-7-18(28(21)34)17-6-4-8-19(27(17)33)22-12-24-26(30(38-22)45-3)23(15-46-24)35-13-16-10-11-25(41)36-16/h4-9,12,14,16,23,35H,10-11,13,15H2,1-3H3,(H,36,41)(H,37,42). The van der Waals surface area contributed by atoms with Crippen molar-refractivity contribution in [2.24, 2.45) is 14.1 Å². The second kappa shape index (κ2) is 12.6. The van der Waals surface area contributed by atoms with E-state index in [-0.39, 0.29) is 34.3 Å². The van der Waals surface area contributed by atoms with Gasteiger partial charge in [-0.05, 0) is 12.5 Å². The molecule has 2 aliphatic rings. The molecular formula is C32H30Cl2N6O6. The van der Waals surface area contributed by atoms with Gasteiger partial charge in [0.05, 0.1) is 40.1 Å². The van der Waals surface area contributed by atoms with Crippen LogP contribution in [-0.2, 0) is 18.9 Å². The predicted molar refractivity (Wildman–Crippen MR) is 174 cm³/mol. The van der Waals surface area contributed by atoms with Gasteiger partial charge in [-0.25, -0.2) is 9.78 Å². The van der Waals surface area contributed by atoms with E-state index in [1.165, 1.54) is 20.3 Å². The Morgan fingerprint density at radius 1 is 1.09 bits per heavy atom. The van der Waals surface area contributed by atoms with Gasteiger partial charge in [0.25, 0.3) is 11.5 Å². The third-order valence-electron chi connectivity index (χ3n) is 8.13. The molecule has 0 spiro atoms. The topological polar surface area (TPSA) is 146 Å². The lowest BCUT2D eigenvalue weighted by Crippen LogP contribution is -2.40. The third kappa shape index (κ3) is 5.75. The first kappa shape index (κ1) is 31.3. The summed E-state index contributed by atoms with van der Waals surface area (Å²) in [6, 6.07) is 12.2. The van der Waals surface area contributed by atoms with Crippen LogP contribution in [0.4, 0.5) is 5.69 Å². The van der Waals surface area contributed by atoms with Crippen LogP contribution in [-0.4, -0.2) is 52.2 Å². The summed E-state index contributed by atoms with van der Waals surface area (Å²) in [7, 11) is 4.30. The molecule has 0 radical (unpaired) electrons. The summed E-state index contributed by atoms with van der Waals surface area (Å²) in [4.78, 5) is 54.1. The van der Waals surface area contributed by atoms with Crippen molar-refractivity contribution in [2.45, 2.75) is 24.9 Å². The number of aromatic nitrogens is 3. The molecule has 12 nitrogen and oxygen atoms in total. The molecule has 238 valence electrons. The lowest BCUT2D eigenvalue weighted by molar-refractivity contribution is -0.119. The highest BCUT2D eigenvalue weighted by Gasteiger charge is 2.32. The number of nitrogens with zero attached hydrogens (tertiary/aromatic N) is 3. The SMILES string of the molecule is COc1nc(-c2cccc(-c3cccc(NC(=O)c4cn(C)c(=O)n(C)c4=O)c3Cl)c2Cl)cc2c1C(NCC1CCC(=O)N1)CO2. The number of carbonyl (C=O) groups excluding carboxylic acids is 2. The molecule has 0 aliphatic carbocycles. The Bertz CT molecular complexity index is 2010. The minimum atomic E-state index is -0.728. The van der Waals surface area contributed by atoms with Crippen molar-refractivity contribution in [3.63, 3.8) is 0 Å². The van der Waals surface area contributed by atoms with E-state index in [2.05, 4.69) is 16.0 Å². The number of halogens is 2. The van der Waals surface area contributed by atoms with E-state index in [1.807, 2.05) is 18.2 Å². The molecular weight excluding hydrogens is 635 g/mol. The molecule has 6 rings (SSSR count). The zero-order valence-corrected chi connectivity index (χ0v) is 26.7. The smallest absolute Gasteiger partial charge is 0.330 e. The van der Waals surface area contributed by atoms with Crippen LogP contribution in [0.15, 0.2) is 58.3 Å². The Morgan fingerprint density at radius 2 is 1.80 bits per heavy atom. The number of pyridine rings is 1. The number of amides is 2. The molecule has 1 saturated heterocycles. The number of nitrogens with one attached hydrogen (secondary N) is 3. The number of carbonyl (C=O) groups is 2. The molecule has 4 aromatic rings. The van der Waals surface area contributed by atoms with Crippen molar-refractivity contribution in [3.8, 4) is 34.0 Å². The molecule has 2 aromatic heterocycles. The van der Waals surface area contributed by atoms with Crippen LogP contribution < -0.4 is 36.7 Å². The molecule has 3 N–H and O–H groups in total. The molecule has 46 heavy (non-hydrogen) atoms. The minimum Gasteiger partial charge on any atom is -0.491 e. The Labute approximate surface area is 273 Å². The van der Waals surface area contributed by atoms with Crippen molar-refractivity contribution in [1.29, 1.82) is 0 Å². The van der Waals surface area contributed by atoms with E-state index in [1.54, 1.807) is 31.4 Å². The van der Waals surface area contributed by atoms with Gasteiger partial charge in [0, 0.05) is 62.1 Å². The fourth-order valence-electron chi connectivity index (χ4n) is 5.70. The molecule has 14 heteroatoms. The number of anilines is 1. The summed E-state index contributed by atoms with van der Waals surface area (Å²) in [6.07, 6.45) is 2.50. The van der Waals surface area contributed by atoms with Crippen molar-refractivity contribution < 1.29 is 19.1 Å². The Hall–Kier alpha value is -4.65. The van der Waals surface area contributed by atoms with E-state index in [0.717, 1.165) is 21.1 Å². The average Bonchev–Trinajstić information content (AvgIpc) is 3.66. The van der Waals surface area contributed by atoms with Crippen LogP contribution in [0.2, 0.25) is 10.0 Å². The summed E-state index contributed by atoms with van der Waals surface area (Å²) in [5, 5.41) is 9.66. The van der Waals surface area contributed by atoms with Gasteiger partial charge in [-0.1, -0.05) is 53.5 Å². The monoisotopic (exact) mass is 664 g/mol. The fourth-order valence-corrected chi connectivity index (χ4v) is 6.30. The largest absolute Gasteiger partial charge is 0.491 e. The van der Waals surface area contributed by atoms with Crippen molar-refractivity contribution in [3.05, 3.63) is 90.7 Å². The van der Waals surface area contributed by atoms with Crippen LogP contribution in [0.5, 0.6) is 11.6 Å². The zero-order chi connectivity index (χ0) is 32.7. The maximum Gasteiger partial charge on any atom is 0.330 e. The highest BCUT2D eigenvalue weighted by Crippen LogP contribution is 2.45. The van der Waals surface area contributed by atoms with Gasteiger partial charge in [0.15, 0.2) is 0 Å². The fraction of sp³-hybridized carbons (Fsp3) is 0.281. The van der Waals surface area contributed by atoms with Crippen LogP contribution in [0.1, 0.15) is 34.8 Å². The molecule has 2 aromatic carbocycles. The number of methoxy groups -OCH3 is 1.